The molecule has 4 rings (SSSR count). The Morgan fingerprint density at radius 1 is 1.37 bits per heavy atom. The van der Waals surface area contributed by atoms with Gasteiger partial charge in [0.25, 0.3) is 11.8 Å². The Morgan fingerprint density at radius 3 is 2.77 bits per heavy atom. The number of nitrogen functional groups attached to an aromatic ring is 1. The van der Waals surface area contributed by atoms with E-state index in [-0.39, 0.29) is 55.2 Å². The van der Waals surface area contributed by atoms with E-state index >= 15 is 0 Å². The molecule has 2 aliphatic rings. The smallest absolute Gasteiger partial charge is 0.415 e. The van der Waals surface area contributed by atoms with Crippen molar-refractivity contribution >= 4 is 53.2 Å². The number of oxazole rings is 1. The van der Waals surface area contributed by atoms with Gasteiger partial charge in [0.15, 0.2) is 24.3 Å². The van der Waals surface area contributed by atoms with Crippen LogP contribution in [0.5, 0.6) is 0 Å². The Kier molecular flexibility index (Phi) is 9.29. The van der Waals surface area contributed by atoms with Gasteiger partial charge in [-0.1, -0.05) is 5.16 Å². The zero-order valence-corrected chi connectivity index (χ0v) is 24.7. The number of rotatable bonds is 11. The van der Waals surface area contributed by atoms with Crippen LogP contribution in [0.1, 0.15) is 33.4 Å². The Bertz CT molecular complexity index is 1470. The number of oxime groups is 1. The Morgan fingerprint density at radius 2 is 2.12 bits per heavy atom. The molecule has 4 heterocycles. The number of hydrogen-bond donors (Lipinski definition) is 4. The molecular formula is C25H32N8O9S. The quantitative estimate of drug-likeness (QED) is 0.0976. The molecule has 2 aromatic rings. The van der Waals surface area contributed by atoms with Crippen LogP contribution in [0.15, 0.2) is 39.4 Å². The van der Waals surface area contributed by atoms with Crippen LogP contribution in [0, 0.1) is 0 Å². The summed E-state index contributed by atoms with van der Waals surface area (Å²) in [5.41, 5.74) is 4.83. The molecule has 18 heteroatoms. The van der Waals surface area contributed by atoms with E-state index in [9.17, 15) is 29.4 Å². The fraction of sp³-hybridized carbons (Fsp3) is 0.480. The van der Waals surface area contributed by atoms with E-state index < -0.39 is 40.9 Å². The van der Waals surface area contributed by atoms with Crippen LogP contribution >= 0.6 is 11.8 Å². The van der Waals surface area contributed by atoms with Crippen molar-refractivity contribution < 1.29 is 48.1 Å². The molecule has 5 N–H and O–H groups in total. The van der Waals surface area contributed by atoms with Gasteiger partial charge in [-0.3, -0.25) is 14.5 Å². The summed E-state index contributed by atoms with van der Waals surface area (Å²) in [4.78, 5) is 60.8. The van der Waals surface area contributed by atoms with Crippen LogP contribution in [0.25, 0.3) is 0 Å². The molecule has 1 saturated heterocycles. The fourth-order valence-corrected chi connectivity index (χ4v) is 5.67. The number of nitrogens with one attached hydrogen (secondary N) is 2. The first kappa shape index (κ1) is 31.4. The largest absolute Gasteiger partial charge is 0.543 e. The number of carbonyl (C=O) groups is 4. The third kappa shape index (κ3) is 6.91. The molecule has 2 aromatic heterocycles. The molecule has 1 fully saturated rings. The second-order valence-electron chi connectivity index (χ2n) is 10.3. The number of carbonyl (C=O) groups excluding carboxylic acids is 4. The number of β-lactam (4-membered cyclic amide) rings is 1. The van der Waals surface area contributed by atoms with Gasteiger partial charge in [-0.2, -0.15) is 4.98 Å². The molecule has 0 unspecified atom stereocenters. The summed E-state index contributed by atoms with van der Waals surface area (Å²) in [5.74, 6) is -2.47. The zero-order chi connectivity index (χ0) is 31.5. The number of amides is 3. The lowest BCUT2D eigenvalue weighted by atomic mass is 10.0. The third-order valence-electron chi connectivity index (χ3n) is 6.07. The molecule has 2 atom stereocenters. The minimum absolute atomic E-state index is 0.0814. The maximum Gasteiger partial charge on any atom is 0.415 e. The van der Waals surface area contributed by atoms with Crippen LogP contribution in [0.4, 0.5) is 16.6 Å². The molecule has 0 aliphatic carbocycles. The van der Waals surface area contributed by atoms with E-state index in [0.29, 0.717) is 11.4 Å². The Balaban J connectivity index is 1.50. The van der Waals surface area contributed by atoms with Crippen molar-refractivity contribution in [2.45, 2.75) is 57.8 Å². The fourth-order valence-electron chi connectivity index (χ4n) is 4.33. The number of aromatic nitrogens is 3. The number of nitrogens with two attached hydrogens (primary N) is 1. The number of hydrogen-bond acceptors (Lipinski definition) is 13. The lowest BCUT2D eigenvalue weighted by Gasteiger charge is -2.50. The lowest BCUT2D eigenvalue weighted by molar-refractivity contribution is -0.767. The maximum atomic E-state index is 13.2. The zero-order valence-electron chi connectivity index (χ0n) is 23.9. The second-order valence-corrected chi connectivity index (χ2v) is 11.4. The van der Waals surface area contributed by atoms with Gasteiger partial charge in [-0.15, -0.1) is 21.1 Å². The number of ether oxygens (including phenoxy) is 1. The minimum atomic E-state index is -1.54. The molecule has 17 nitrogen and oxygen atoms in total. The van der Waals surface area contributed by atoms with Gasteiger partial charge >= 0.3 is 12.1 Å². The predicted molar refractivity (Wildman–Crippen MR) is 148 cm³/mol. The van der Waals surface area contributed by atoms with E-state index in [1.165, 1.54) is 11.8 Å². The first-order valence-electron chi connectivity index (χ1n) is 13.1. The van der Waals surface area contributed by atoms with Crippen molar-refractivity contribution in [2.75, 3.05) is 30.0 Å². The highest BCUT2D eigenvalue weighted by molar-refractivity contribution is 8.00. The van der Waals surface area contributed by atoms with E-state index in [0.717, 1.165) is 11.2 Å². The SMILES string of the molecule is CCON=C(C(=O)N[C@@H]1C(=O)N2C(C(=O)[O-])=C(C[n+]3ccc(N)n3CCO)CS[C@H]12)c1coc(NC(=O)OC(C)(C)C)n1. The molecule has 0 radical (unpaired) electrons. The van der Waals surface area contributed by atoms with Crippen LogP contribution in [0.3, 0.4) is 0 Å². The van der Waals surface area contributed by atoms with Crippen LogP contribution in [-0.2, 0) is 37.0 Å². The number of fused-ring (bicyclic) bond motifs is 1. The van der Waals surface area contributed by atoms with Crippen LogP contribution in [0.2, 0.25) is 0 Å². The van der Waals surface area contributed by atoms with E-state index in [1.807, 2.05) is 0 Å². The molecule has 0 bridgehead atoms. The van der Waals surface area contributed by atoms with Crippen molar-refractivity contribution in [3.8, 4) is 0 Å². The second kappa shape index (κ2) is 12.7. The summed E-state index contributed by atoms with van der Waals surface area (Å²) in [6, 6.07) is 0.255. The van der Waals surface area contributed by atoms with E-state index in [2.05, 4.69) is 20.8 Å². The summed E-state index contributed by atoms with van der Waals surface area (Å²) in [6.07, 6.45) is 1.87. The predicted octanol–water partition coefficient (Wildman–Crippen LogP) is -1.47. The van der Waals surface area contributed by atoms with Gasteiger partial charge in [0.1, 0.15) is 42.1 Å². The van der Waals surface area contributed by atoms with Crippen LogP contribution in [-0.4, -0.2) is 85.2 Å². The summed E-state index contributed by atoms with van der Waals surface area (Å²) in [6.45, 7) is 6.87. The average molecular weight is 621 g/mol. The lowest BCUT2D eigenvalue weighted by Crippen LogP contribution is -2.71. The van der Waals surface area contributed by atoms with Gasteiger partial charge < -0.3 is 40.0 Å². The molecule has 0 saturated carbocycles. The normalized spacial score (nSPS) is 18.6. The van der Waals surface area contributed by atoms with E-state index in [1.54, 1.807) is 49.3 Å². The molecular weight excluding hydrogens is 588 g/mol. The van der Waals surface area contributed by atoms with Crippen molar-refractivity contribution in [3.05, 3.63) is 35.5 Å². The van der Waals surface area contributed by atoms with Gasteiger partial charge in [-0.25, -0.2) is 10.1 Å². The topological polar surface area (TPSA) is 231 Å². The summed E-state index contributed by atoms with van der Waals surface area (Å²) in [7, 11) is 0. The Hall–Kier alpha value is -4.58. The number of aliphatic hydroxyl groups is 1. The third-order valence-corrected chi connectivity index (χ3v) is 7.41. The van der Waals surface area contributed by atoms with Gasteiger partial charge in [0.2, 0.25) is 0 Å². The first-order valence-corrected chi connectivity index (χ1v) is 14.2. The minimum Gasteiger partial charge on any atom is -0.543 e. The number of aliphatic hydroxyl groups excluding tert-OH is 1. The van der Waals surface area contributed by atoms with Gasteiger partial charge in [-0.05, 0) is 27.7 Å². The summed E-state index contributed by atoms with van der Waals surface area (Å²) >= 11 is 1.25. The van der Waals surface area contributed by atoms with Crippen molar-refractivity contribution in [2.24, 2.45) is 5.16 Å². The number of aliphatic carboxylic acids is 1. The standard InChI is InChI=1S/C25H32N8O9S/c1-5-41-30-16(14-11-40-23(27-14)29-24(39)42-25(2,3)4)19(35)28-17-20(36)33-18(22(37)38)13(12-43-21(17)33)10-31-7-6-15(26)32(31)8-9-34/h6-7,11,17,21,26,34H,5,8-10,12H2,1-4H3,(H3,27,28,29,35,37,38,39)/t17-,21-/m1/s1. The number of carboxylic acid groups (broad SMARTS) is 1. The highest BCUT2D eigenvalue weighted by Crippen LogP contribution is 2.40. The highest BCUT2D eigenvalue weighted by atomic mass is 32.2. The number of carboxylic acids is 1. The number of thioether (sulfide) groups is 1. The van der Waals surface area contributed by atoms with Crippen LogP contribution < -0.4 is 26.2 Å². The van der Waals surface area contributed by atoms with Crippen molar-refractivity contribution in [1.82, 2.24) is 19.9 Å². The van der Waals surface area contributed by atoms with E-state index in [4.69, 9.17) is 19.7 Å². The van der Waals surface area contributed by atoms with Crippen molar-refractivity contribution in [3.63, 3.8) is 0 Å². The number of nitrogens with zero attached hydrogens (tertiary/aromatic N) is 5. The molecule has 3 amide bonds. The molecule has 2 aliphatic heterocycles. The maximum absolute atomic E-state index is 13.2. The first-order chi connectivity index (χ1) is 20.3. The van der Waals surface area contributed by atoms with Crippen molar-refractivity contribution in [1.29, 1.82) is 0 Å². The van der Waals surface area contributed by atoms with Gasteiger partial charge in [0.05, 0.1) is 24.3 Å². The average Bonchev–Trinajstić information content (AvgIpc) is 3.52. The highest BCUT2D eigenvalue weighted by Gasteiger charge is 2.53. The molecule has 0 spiro atoms. The molecule has 0 aromatic carbocycles. The summed E-state index contributed by atoms with van der Waals surface area (Å²) in [5, 5.41) is 29.4. The summed E-state index contributed by atoms with van der Waals surface area (Å²) < 4.78 is 13.6. The molecule has 43 heavy (non-hydrogen) atoms. The monoisotopic (exact) mass is 620 g/mol. The molecule has 232 valence electrons. The van der Waals surface area contributed by atoms with Gasteiger partial charge in [0, 0.05) is 11.3 Å². The Labute approximate surface area is 249 Å². The number of anilines is 2.